The van der Waals surface area contributed by atoms with E-state index in [0.29, 0.717) is 12.3 Å². The van der Waals surface area contributed by atoms with E-state index in [2.05, 4.69) is 4.72 Å². The van der Waals surface area contributed by atoms with E-state index in [1.54, 1.807) is 31.4 Å². The Hall–Kier alpha value is -1.11. The summed E-state index contributed by atoms with van der Waals surface area (Å²) < 4.78 is 32.3. The van der Waals surface area contributed by atoms with Crippen LogP contribution in [0.3, 0.4) is 0 Å². The molecule has 6 heteroatoms. The van der Waals surface area contributed by atoms with Crippen molar-refractivity contribution in [2.24, 2.45) is 11.7 Å². The van der Waals surface area contributed by atoms with E-state index >= 15 is 0 Å². The first-order valence-corrected chi connectivity index (χ1v) is 7.91. The van der Waals surface area contributed by atoms with Crippen LogP contribution in [0.1, 0.15) is 19.3 Å². The van der Waals surface area contributed by atoms with Gasteiger partial charge in [-0.15, -0.1) is 0 Å². The highest BCUT2D eigenvalue weighted by atomic mass is 32.2. The first kappa shape index (κ1) is 14.3. The Morgan fingerprint density at radius 3 is 2.58 bits per heavy atom. The molecule has 1 aliphatic carbocycles. The van der Waals surface area contributed by atoms with Gasteiger partial charge in [-0.1, -0.05) is 6.42 Å². The lowest BCUT2D eigenvalue weighted by Crippen LogP contribution is -2.39. The molecule has 5 nitrogen and oxygen atoms in total. The second-order valence-corrected chi connectivity index (χ2v) is 6.54. The van der Waals surface area contributed by atoms with Gasteiger partial charge in [-0.2, -0.15) is 0 Å². The molecule has 106 valence electrons. The maximum Gasteiger partial charge on any atom is 0.240 e. The summed E-state index contributed by atoms with van der Waals surface area (Å²) in [5.41, 5.74) is 5.67. The quantitative estimate of drug-likeness (QED) is 0.848. The normalized spacial score (nSPS) is 23.5. The molecule has 0 aliphatic heterocycles. The predicted octanol–water partition coefficient (Wildman–Crippen LogP) is 1.10. The fourth-order valence-corrected chi connectivity index (χ4v) is 3.84. The molecule has 0 aromatic heterocycles. The minimum Gasteiger partial charge on any atom is -0.497 e. The zero-order chi connectivity index (χ0) is 13.9. The van der Waals surface area contributed by atoms with Crippen molar-refractivity contribution < 1.29 is 13.2 Å². The summed E-state index contributed by atoms with van der Waals surface area (Å²) in [6, 6.07) is 6.34. The standard InChI is InChI=1S/C13H20N2O3S/c1-18-11-5-7-12(8-6-11)19(16,17)15-13-4-2-3-10(13)9-14/h5-8,10,13,15H,2-4,9,14H2,1H3. The SMILES string of the molecule is COc1ccc(S(=O)(=O)NC2CCCC2CN)cc1. The van der Waals surface area contributed by atoms with Gasteiger partial charge in [0.05, 0.1) is 12.0 Å². The van der Waals surface area contributed by atoms with Crippen LogP contribution in [0.25, 0.3) is 0 Å². The summed E-state index contributed by atoms with van der Waals surface area (Å²) in [5.74, 6) is 0.882. The Bertz CT molecular complexity index is 513. The molecule has 0 bridgehead atoms. The van der Waals surface area contributed by atoms with Crippen molar-refractivity contribution in [1.82, 2.24) is 4.72 Å². The topological polar surface area (TPSA) is 81.4 Å². The third-order valence-corrected chi connectivity index (χ3v) is 5.14. The number of benzene rings is 1. The van der Waals surface area contributed by atoms with Gasteiger partial charge in [0.15, 0.2) is 0 Å². The molecule has 0 heterocycles. The van der Waals surface area contributed by atoms with Crippen LogP contribution in [0.4, 0.5) is 0 Å². The Labute approximate surface area is 114 Å². The highest BCUT2D eigenvalue weighted by Crippen LogP contribution is 2.26. The van der Waals surface area contributed by atoms with Crippen LogP contribution < -0.4 is 15.2 Å². The average molecular weight is 284 g/mol. The largest absolute Gasteiger partial charge is 0.497 e. The first-order valence-electron chi connectivity index (χ1n) is 6.43. The van der Waals surface area contributed by atoms with Gasteiger partial charge in [0.1, 0.15) is 5.75 Å². The molecule has 1 saturated carbocycles. The number of methoxy groups -OCH3 is 1. The molecule has 2 atom stereocenters. The van der Waals surface area contributed by atoms with Crippen molar-refractivity contribution >= 4 is 10.0 Å². The van der Waals surface area contributed by atoms with Gasteiger partial charge < -0.3 is 10.5 Å². The summed E-state index contributed by atoms with van der Waals surface area (Å²) in [5, 5.41) is 0. The molecule has 1 aromatic carbocycles. The van der Waals surface area contributed by atoms with Crippen molar-refractivity contribution in [3.05, 3.63) is 24.3 Å². The second-order valence-electron chi connectivity index (χ2n) is 4.83. The highest BCUT2D eigenvalue weighted by Gasteiger charge is 2.30. The van der Waals surface area contributed by atoms with Crippen LogP contribution in [-0.2, 0) is 10.0 Å². The third kappa shape index (κ3) is 3.26. The van der Waals surface area contributed by atoms with Gasteiger partial charge in [0.25, 0.3) is 0 Å². The van der Waals surface area contributed by atoms with Crippen LogP contribution in [0.15, 0.2) is 29.2 Å². The zero-order valence-corrected chi connectivity index (χ0v) is 11.8. The summed E-state index contributed by atoms with van der Waals surface area (Å²) in [4.78, 5) is 0.260. The van der Waals surface area contributed by atoms with Gasteiger partial charge in [-0.3, -0.25) is 0 Å². The Balaban J connectivity index is 2.13. The molecule has 0 radical (unpaired) electrons. The van der Waals surface area contributed by atoms with Crippen LogP contribution in [0.5, 0.6) is 5.75 Å². The number of ether oxygens (including phenoxy) is 1. The molecule has 19 heavy (non-hydrogen) atoms. The van der Waals surface area contributed by atoms with Crippen LogP contribution >= 0.6 is 0 Å². The monoisotopic (exact) mass is 284 g/mol. The predicted molar refractivity (Wildman–Crippen MR) is 73.5 cm³/mol. The number of nitrogens with two attached hydrogens (primary N) is 1. The lowest BCUT2D eigenvalue weighted by molar-refractivity contribution is 0.414. The minimum absolute atomic E-state index is 0.0444. The van der Waals surface area contributed by atoms with Gasteiger partial charge in [-0.25, -0.2) is 13.1 Å². The van der Waals surface area contributed by atoms with Crippen LogP contribution in [-0.4, -0.2) is 28.1 Å². The van der Waals surface area contributed by atoms with E-state index in [-0.39, 0.29) is 16.9 Å². The van der Waals surface area contributed by atoms with Gasteiger partial charge in [0, 0.05) is 6.04 Å². The fourth-order valence-electron chi connectivity index (χ4n) is 2.50. The van der Waals surface area contributed by atoms with Crippen LogP contribution in [0.2, 0.25) is 0 Å². The third-order valence-electron chi connectivity index (χ3n) is 3.64. The van der Waals surface area contributed by atoms with Gasteiger partial charge in [-0.05, 0) is 49.6 Å². The molecular weight excluding hydrogens is 264 g/mol. The number of hydrogen-bond acceptors (Lipinski definition) is 4. The number of sulfonamides is 1. The van der Waals surface area contributed by atoms with Crippen molar-refractivity contribution in [3.63, 3.8) is 0 Å². The molecule has 1 aromatic rings. The molecule has 1 fully saturated rings. The van der Waals surface area contributed by atoms with E-state index < -0.39 is 10.0 Å². The zero-order valence-electron chi connectivity index (χ0n) is 11.0. The number of rotatable bonds is 5. The van der Waals surface area contributed by atoms with E-state index in [0.717, 1.165) is 19.3 Å². The smallest absolute Gasteiger partial charge is 0.240 e. The van der Waals surface area contributed by atoms with E-state index in [1.807, 2.05) is 0 Å². The fraction of sp³-hybridized carbons (Fsp3) is 0.538. The highest BCUT2D eigenvalue weighted by molar-refractivity contribution is 7.89. The minimum atomic E-state index is -3.47. The van der Waals surface area contributed by atoms with Crippen molar-refractivity contribution in [3.8, 4) is 5.75 Å². The Morgan fingerprint density at radius 2 is 2.00 bits per heavy atom. The Kier molecular flexibility index (Phi) is 4.44. The average Bonchev–Trinajstić information content (AvgIpc) is 2.85. The first-order chi connectivity index (χ1) is 9.06. The van der Waals surface area contributed by atoms with E-state index in [1.165, 1.54) is 0 Å². The molecule has 0 saturated heterocycles. The van der Waals surface area contributed by atoms with Crippen molar-refractivity contribution in [1.29, 1.82) is 0 Å². The molecular formula is C13H20N2O3S. The summed E-state index contributed by atoms with van der Waals surface area (Å²) in [7, 11) is -1.93. The summed E-state index contributed by atoms with van der Waals surface area (Å²) in [6.07, 6.45) is 2.88. The molecule has 0 amide bonds. The maximum atomic E-state index is 12.3. The molecule has 3 N–H and O–H groups in total. The second kappa shape index (κ2) is 5.90. The molecule has 2 unspecified atom stereocenters. The van der Waals surface area contributed by atoms with Gasteiger partial charge in [0.2, 0.25) is 10.0 Å². The maximum absolute atomic E-state index is 12.3. The van der Waals surface area contributed by atoms with E-state index in [4.69, 9.17) is 10.5 Å². The Morgan fingerprint density at radius 1 is 1.32 bits per heavy atom. The number of nitrogens with one attached hydrogen (secondary N) is 1. The molecule has 0 spiro atoms. The lowest BCUT2D eigenvalue weighted by Gasteiger charge is -2.19. The van der Waals surface area contributed by atoms with Gasteiger partial charge >= 0.3 is 0 Å². The lowest BCUT2D eigenvalue weighted by atomic mass is 10.1. The number of hydrogen-bond donors (Lipinski definition) is 2. The van der Waals surface area contributed by atoms with Crippen molar-refractivity contribution in [2.75, 3.05) is 13.7 Å². The molecule has 2 rings (SSSR count). The van der Waals surface area contributed by atoms with E-state index in [9.17, 15) is 8.42 Å². The van der Waals surface area contributed by atoms with Crippen molar-refractivity contribution in [2.45, 2.75) is 30.2 Å². The molecule has 1 aliphatic rings. The summed E-state index contributed by atoms with van der Waals surface area (Å²) in [6.45, 7) is 0.524. The summed E-state index contributed by atoms with van der Waals surface area (Å²) >= 11 is 0. The van der Waals surface area contributed by atoms with Crippen LogP contribution in [0, 0.1) is 5.92 Å².